The van der Waals surface area contributed by atoms with Crippen LogP contribution in [0.2, 0.25) is 0 Å². The number of hydrogen-bond acceptors (Lipinski definition) is 5. The van der Waals surface area contributed by atoms with Crippen LogP contribution in [0.1, 0.15) is 46.0 Å². The molecule has 7 nitrogen and oxygen atoms in total. The second-order valence-corrected chi connectivity index (χ2v) is 9.65. The van der Waals surface area contributed by atoms with Crippen LogP contribution < -0.4 is 5.32 Å². The molecule has 7 heteroatoms. The van der Waals surface area contributed by atoms with Crippen LogP contribution in [0.15, 0.2) is 30.3 Å². The van der Waals surface area contributed by atoms with Crippen molar-refractivity contribution in [2.75, 3.05) is 26.3 Å². The number of benzene rings is 1. The Labute approximate surface area is 184 Å². The first kappa shape index (κ1) is 23.0. The average Bonchev–Trinajstić information content (AvgIpc) is 2.92. The first-order chi connectivity index (χ1) is 14.5. The monoisotopic (exact) mass is 427 g/mol. The molecular formula is C24H33N3O4. The van der Waals surface area contributed by atoms with Gasteiger partial charge >= 0.3 is 6.09 Å². The highest BCUT2D eigenvalue weighted by Gasteiger charge is 2.34. The maximum atomic E-state index is 13.2. The summed E-state index contributed by atoms with van der Waals surface area (Å²) in [7, 11) is 0. The zero-order valence-corrected chi connectivity index (χ0v) is 19.3. The van der Waals surface area contributed by atoms with E-state index in [0.29, 0.717) is 13.2 Å². The fourth-order valence-electron chi connectivity index (χ4n) is 3.74. The van der Waals surface area contributed by atoms with Crippen molar-refractivity contribution in [3.8, 4) is 0 Å². The van der Waals surface area contributed by atoms with Gasteiger partial charge in [0.25, 0.3) is 0 Å². The highest BCUT2D eigenvalue weighted by Crippen LogP contribution is 2.28. The third-order valence-corrected chi connectivity index (χ3v) is 5.18. The predicted molar refractivity (Wildman–Crippen MR) is 120 cm³/mol. The van der Waals surface area contributed by atoms with Crippen molar-refractivity contribution in [3.63, 3.8) is 0 Å². The van der Waals surface area contributed by atoms with Gasteiger partial charge < -0.3 is 19.7 Å². The fraction of sp³-hybridized carbons (Fsp3) is 0.542. The topological polar surface area (TPSA) is 80.8 Å². The van der Waals surface area contributed by atoms with Crippen LogP contribution >= 0.6 is 0 Å². The third-order valence-electron chi connectivity index (χ3n) is 5.18. The highest BCUT2D eigenvalue weighted by molar-refractivity contribution is 5.87. The minimum atomic E-state index is -0.703. The number of fused-ring (bicyclic) bond motifs is 1. The van der Waals surface area contributed by atoms with E-state index in [1.807, 2.05) is 71.9 Å². The summed E-state index contributed by atoms with van der Waals surface area (Å²) in [6.07, 6.45) is -0.429. The predicted octanol–water partition coefficient (Wildman–Crippen LogP) is 3.78. The Balaban J connectivity index is 1.79. The molecule has 3 rings (SSSR count). The van der Waals surface area contributed by atoms with E-state index in [-0.39, 0.29) is 19.1 Å². The molecule has 0 spiro atoms. The summed E-state index contributed by atoms with van der Waals surface area (Å²) in [6.45, 7) is 12.6. The molecule has 1 unspecified atom stereocenters. The van der Waals surface area contributed by atoms with Gasteiger partial charge in [0, 0.05) is 24.2 Å². The van der Waals surface area contributed by atoms with Crippen molar-refractivity contribution in [3.05, 3.63) is 41.7 Å². The van der Waals surface area contributed by atoms with Crippen LogP contribution in [-0.2, 0) is 19.8 Å². The van der Waals surface area contributed by atoms with Gasteiger partial charge in [-0.05, 0) is 53.0 Å². The Bertz CT molecular complexity index is 965. The lowest BCUT2D eigenvalue weighted by Gasteiger charge is -2.31. The number of carbonyl (C=O) groups excluding carboxylic acids is 2. The van der Waals surface area contributed by atoms with E-state index in [4.69, 9.17) is 14.5 Å². The summed E-state index contributed by atoms with van der Waals surface area (Å²) in [4.78, 5) is 32.0. The van der Waals surface area contributed by atoms with Gasteiger partial charge in [-0.15, -0.1) is 0 Å². The van der Waals surface area contributed by atoms with Crippen molar-refractivity contribution in [1.82, 2.24) is 15.2 Å². The van der Waals surface area contributed by atoms with E-state index in [9.17, 15) is 9.59 Å². The number of nitrogens with zero attached hydrogens (tertiary/aromatic N) is 2. The minimum Gasteiger partial charge on any atom is -0.444 e. The second kappa shape index (κ2) is 8.83. The van der Waals surface area contributed by atoms with E-state index >= 15 is 0 Å². The standard InChI is InChI=1S/C24H33N3O4/c1-16-13-17-9-7-8-10-19(17)20(25-16)24(5,6)26-21(28)18-14-27(11-12-30-15-18)22(29)31-23(2,3)4/h7-10,13,18H,11-12,14-15H2,1-6H3,(H,26,28). The zero-order chi connectivity index (χ0) is 22.8. The van der Waals surface area contributed by atoms with Gasteiger partial charge in [0.15, 0.2) is 0 Å². The molecule has 0 radical (unpaired) electrons. The van der Waals surface area contributed by atoms with Crippen molar-refractivity contribution in [1.29, 1.82) is 0 Å². The van der Waals surface area contributed by atoms with Gasteiger partial charge in [0.05, 0.1) is 30.4 Å². The molecule has 1 aromatic carbocycles. The maximum Gasteiger partial charge on any atom is 0.410 e. The molecule has 31 heavy (non-hydrogen) atoms. The normalized spacial score (nSPS) is 17.9. The molecule has 1 fully saturated rings. The van der Waals surface area contributed by atoms with Crippen LogP contribution in [0.4, 0.5) is 4.79 Å². The lowest BCUT2D eigenvalue weighted by atomic mass is 9.93. The summed E-state index contributed by atoms with van der Waals surface area (Å²) in [5.41, 5.74) is 0.410. The summed E-state index contributed by atoms with van der Waals surface area (Å²) < 4.78 is 11.1. The molecule has 1 aliphatic heterocycles. The van der Waals surface area contributed by atoms with Crippen molar-refractivity contribution >= 4 is 22.8 Å². The Morgan fingerprint density at radius 3 is 2.61 bits per heavy atom. The van der Waals surface area contributed by atoms with E-state index in [1.54, 1.807) is 4.90 Å². The summed E-state index contributed by atoms with van der Waals surface area (Å²) >= 11 is 0. The van der Waals surface area contributed by atoms with Gasteiger partial charge in [0.2, 0.25) is 5.91 Å². The molecule has 2 heterocycles. The minimum absolute atomic E-state index is 0.173. The number of carbonyl (C=O) groups is 2. The lowest BCUT2D eigenvalue weighted by molar-refractivity contribution is -0.128. The molecule has 2 amide bonds. The van der Waals surface area contributed by atoms with Crippen molar-refractivity contribution in [2.45, 2.75) is 52.7 Å². The number of ether oxygens (including phenoxy) is 2. The van der Waals surface area contributed by atoms with Gasteiger partial charge in [-0.3, -0.25) is 9.78 Å². The van der Waals surface area contributed by atoms with E-state index < -0.39 is 23.2 Å². The molecular weight excluding hydrogens is 394 g/mol. The number of hydrogen-bond donors (Lipinski definition) is 1. The number of aryl methyl sites for hydroxylation is 1. The fourth-order valence-corrected chi connectivity index (χ4v) is 3.74. The second-order valence-electron chi connectivity index (χ2n) is 9.65. The zero-order valence-electron chi connectivity index (χ0n) is 19.3. The molecule has 1 atom stereocenters. The van der Waals surface area contributed by atoms with Gasteiger partial charge in [-0.2, -0.15) is 0 Å². The summed E-state index contributed by atoms with van der Waals surface area (Å²) in [5, 5.41) is 5.23. The van der Waals surface area contributed by atoms with E-state index in [2.05, 4.69) is 5.32 Å². The summed E-state index contributed by atoms with van der Waals surface area (Å²) in [5.74, 6) is -0.668. The maximum absolute atomic E-state index is 13.2. The number of aromatic nitrogens is 1. The molecule has 2 aromatic rings. The SMILES string of the molecule is Cc1cc2ccccc2c(C(C)(C)NC(=O)C2COCCN(C(=O)OC(C)(C)C)C2)n1. The van der Waals surface area contributed by atoms with Crippen molar-refractivity contribution < 1.29 is 19.1 Å². The Kier molecular flexibility index (Phi) is 6.55. The van der Waals surface area contributed by atoms with Crippen LogP contribution in [0.25, 0.3) is 10.8 Å². The Hall–Kier alpha value is -2.67. The average molecular weight is 428 g/mol. The van der Waals surface area contributed by atoms with E-state index in [1.165, 1.54) is 0 Å². The Morgan fingerprint density at radius 1 is 1.19 bits per heavy atom. The quantitative estimate of drug-likeness (QED) is 0.806. The molecule has 1 saturated heterocycles. The number of amides is 2. The molecule has 0 bridgehead atoms. The lowest BCUT2D eigenvalue weighted by Crippen LogP contribution is -2.49. The molecule has 0 aliphatic carbocycles. The van der Waals surface area contributed by atoms with E-state index in [0.717, 1.165) is 22.2 Å². The first-order valence-corrected chi connectivity index (χ1v) is 10.7. The molecule has 1 aliphatic rings. The highest BCUT2D eigenvalue weighted by atomic mass is 16.6. The largest absolute Gasteiger partial charge is 0.444 e. The molecule has 0 saturated carbocycles. The number of rotatable bonds is 3. The first-order valence-electron chi connectivity index (χ1n) is 10.7. The summed E-state index contributed by atoms with van der Waals surface area (Å²) in [6, 6.07) is 10.1. The molecule has 1 N–H and O–H groups in total. The van der Waals surface area contributed by atoms with Gasteiger partial charge in [0.1, 0.15) is 5.60 Å². The van der Waals surface area contributed by atoms with Crippen LogP contribution in [0.5, 0.6) is 0 Å². The molecule has 168 valence electrons. The van der Waals surface area contributed by atoms with Gasteiger partial charge in [-0.25, -0.2) is 4.79 Å². The van der Waals surface area contributed by atoms with Crippen LogP contribution in [0.3, 0.4) is 0 Å². The molecule has 1 aromatic heterocycles. The van der Waals surface area contributed by atoms with Crippen LogP contribution in [-0.4, -0.2) is 53.8 Å². The third kappa shape index (κ3) is 5.73. The Morgan fingerprint density at radius 2 is 1.90 bits per heavy atom. The number of nitrogens with one attached hydrogen (secondary N) is 1. The number of pyridine rings is 1. The van der Waals surface area contributed by atoms with Crippen LogP contribution in [0, 0.1) is 12.8 Å². The van der Waals surface area contributed by atoms with Crippen molar-refractivity contribution in [2.24, 2.45) is 5.92 Å². The van der Waals surface area contributed by atoms with Gasteiger partial charge in [-0.1, -0.05) is 24.3 Å². The smallest absolute Gasteiger partial charge is 0.410 e.